The van der Waals surface area contributed by atoms with Crippen LogP contribution in [0.3, 0.4) is 0 Å². The maximum Gasteiger partial charge on any atom is 0.273 e. The average Bonchev–Trinajstić information content (AvgIpc) is 3.24. The molecule has 0 saturated carbocycles. The van der Waals surface area contributed by atoms with Crippen LogP contribution in [0, 0.1) is 0 Å². The lowest BCUT2D eigenvalue weighted by molar-refractivity contribution is 0.0906. The Bertz CT molecular complexity index is 683. The van der Waals surface area contributed by atoms with Crippen molar-refractivity contribution in [2.45, 2.75) is 37.8 Å². The van der Waals surface area contributed by atoms with Crippen molar-refractivity contribution in [3.8, 4) is 11.3 Å². The van der Waals surface area contributed by atoms with Gasteiger partial charge in [-0.05, 0) is 25.8 Å². The van der Waals surface area contributed by atoms with Crippen molar-refractivity contribution in [3.05, 3.63) is 42.1 Å². The van der Waals surface area contributed by atoms with Crippen molar-refractivity contribution in [3.63, 3.8) is 0 Å². The fraction of sp³-hybridized carbons (Fsp3) is 0.444. The molecule has 2 aromatic rings. The van der Waals surface area contributed by atoms with E-state index in [1.54, 1.807) is 6.07 Å². The summed E-state index contributed by atoms with van der Waals surface area (Å²) >= 11 is 0. The fourth-order valence-electron chi connectivity index (χ4n) is 3.78. The summed E-state index contributed by atoms with van der Waals surface area (Å²) in [6.45, 7) is 2.25. The van der Waals surface area contributed by atoms with E-state index >= 15 is 0 Å². The third-order valence-corrected chi connectivity index (χ3v) is 4.97. The van der Waals surface area contributed by atoms with Gasteiger partial charge in [0.2, 0.25) is 0 Å². The van der Waals surface area contributed by atoms with Gasteiger partial charge in [0, 0.05) is 30.3 Å². The van der Waals surface area contributed by atoms with E-state index in [-0.39, 0.29) is 11.9 Å². The van der Waals surface area contributed by atoms with Crippen molar-refractivity contribution in [1.82, 2.24) is 15.4 Å². The molecule has 0 bridgehead atoms. The average molecular weight is 311 g/mol. The molecule has 1 aromatic heterocycles. The highest BCUT2D eigenvalue weighted by Crippen LogP contribution is 2.27. The first-order valence-electron chi connectivity index (χ1n) is 8.38. The topological polar surface area (TPSA) is 58.4 Å². The number of fused-ring (bicyclic) bond motifs is 1. The first-order valence-corrected chi connectivity index (χ1v) is 8.38. The quantitative estimate of drug-likeness (QED) is 0.947. The Morgan fingerprint density at radius 2 is 2.04 bits per heavy atom. The molecule has 2 aliphatic heterocycles. The van der Waals surface area contributed by atoms with Gasteiger partial charge < -0.3 is 9.84 Å². The summed E-state index contributed by atoms with van der Waals surface area (Å²) in [4.78, 5) is 15.0. The molecule has 2 atom stereocenters. The Labute approximate surface area is 135 Å². The number of nitrogens with zero attached hydrogens (tertiary/aromatic N) is 2. The second-order valence-electron chi connectivity index (χ2n) is 6.41. The van der Waals surface area contributed by atoms with Crippen LogP contribution in [0.4, 0.5) is 0 Å². The highest BCUT2D eigenvalue weighted by Gasteiger charge is 2.36. The smallest absolute Gasteiger partial charge is 0.273 e. The number of carbonyl (C=O) groups is 1. The van der Waals surface area contributed by atoms with Gasteiger partial charge in [-0.2, -0.15) is 0 Å². The molecule has 0 aliphatic carbocycles. The van der Waals surface area contributed by atoms with E-state index in [0.717, 1.165) is 18.5 Å². The van der Waals surface area contributed by atoms with Crippen molar-refractivity contribution in [2.24, 2.45) is 0 Å². The van der Waals surface area contributed by atoms with E-state index in [4.69, 9.17) is 4.52 Å². The molecule has 0 unspecified atom stereocenters. The number of hydrogen-bond acceptors (Lipinski definition) is 4. The number of carbonyl (C=O) groups excluding carboxylic acids is 1. The molecule has 120 valence electrons. The molecular weight excluding hydrogens is 290 g/mol. The zero-order valence-corrected chi connectivity index (χ0v) is 13.1. The first-order chi connectivity index (χ1) is 11.3. The predicted molar refractivity (Wildman–Crippen MR) is 87.0 cm³/mol. The van der Waals surface area contributed by atoms with E-state index in [0.29, 0.717) is 17.5 Å². The van der Waals surface area contributed by atoms with Crippen molar-refractivity contribution in [1.29, 1.82) is 0 Å². The standard InChI is InChI=1S/C18H21N3O2/c22-18(19-14-9-11-21-10-5-4-8-16(14)21)15-12-17(23-20-15)13-6-2-1-3-7-13/h1-3,6-7,12,14,16H,4-5,8-11H2,(H,19,22)/t14-,16-/m1/s1. The van der Waals surface area contributed by atoms with Crippen molar-refractivity contribution < 1.29 is 9.32 Å². The number of amides is 1. The van der Waals surface area contributed by atoms with Gasteiger partial charge in [0.1, 0.15) is 0 Å². The second-order valence-corrected chi connectivity index (χ2v) is 6.41. The van der Waals surface area contributed by atoms with Gasteiger partial charge in [-0.25, -0.2) is 0 Å². The minimum Gasteiger partial charge on any atom is -0.355 e. The molecule has 4 rings (SSSR count). The summed E-state index contributed by atoms with van der Waals surface area (Å²) in [5, 5.41) is 7.09. The van der Waals surface area contributed by atoms with Crippen LogP contribution in [-0.2, 0) is 0 Å². The molecule has 0 radical (unpaired) electrons. The zero-order valence-electron chi connectivity index (χ0n) is 13.1. The van der Waals surface area contributed by atoms with Gasteiger partial charge in [0.25, 0.3) is 5.91 Å². The summed E-state index contributed by atoms with van der Waals surface area (Å²) in [6, 6.07) is 12.2. The molecule has 2 aliphatic rings. The van der Waals surface area contributed by atoms with E-state index in [1.165, 1.54) is 25.8 Å². The Kier molecular flexibility index (Phi) is 3.87. The number of benzene rings is 1. The van der Waals surface area contributed by atoms with Crippen LogP contribution in [-0.4, -0.2) is 41.1 Å². The van der Waals surface area contributed by atoms with Crippen molar-refractivity contribution in [2.75, 3.05) is 13.1 Å². The van der Waals surface area contributed by atoms with E-state index < -0.39 is 0 Å². The van der Waals surface area contributed by atoms with E-state index in [1.807, 2.05) is 30.3 Å². The molecule has 5 heteroatoms. The summed E-state index contributed by atoms with van der Waals surface area (Å²) in [7, 11) is 0. The largest absolute Gasteiger partial charge is 0.355 e. The molecule has 1 aromatic carbocycles. The maximum atomic E-state index is 12.5. The summed E-state index contributed by atoms with van der Waals surface area (Å²) < 4.78 is 5.32. The summed E-state index contributed by atoms with van der Waals surface area (Å²) in [5.74, 6) is 0.495. The molecule has 3 heterocycles. The predicted octanol–water partition coefficient (Wildman–Crippen LogP) is 2.70. The lowest BCUT2D eigenvalue weighted by Gasteiger charge is -2.32. The number of hydrogen-bond donors (Lipinski definition) is 1. The lowest BCUT2D eigenvalue weighted by Crippen LogP contribution is -2.46. The number of nitrogens with one attached hydrogen (secondary N) is 1. The van der Waals surface area contributed by atoms with Gasteiger partial charge >= 0.3 is 0 Å². The lowest BCUT2D eigenvalue weighted by atomic mass is 9.99. The fourth-order valence-corrected chi connectivity index (χ4v) is 3.78. The van der Waals surface area contributed by atoms with Gasteiger partial charge in [-0.3, -0.25) is 9.69 Å². The Hall–Kier alpha value is -2.14. The van der Waals surface area contributed by atoms with Crippen molar-refractivity contribution >= 4 is 5.91 Å². The third kappa shape index (κ3) is 2.88. The monoisotopic (exact) mass is 311 g/mol. The maximum absolute atomic E-state index is 12.5. The van der Waals surface area contributed by atoms with Crippen LogP contribution < -0.4 is 5.32 Å². The molecular formula is C18H21N3O2. The number of piperidine rings is 1. The molecule has 1 N–H and O–H groups in total. The summed E-state index contributed by atoms with van der Waals surface area (Å²) in [5.41, 5.74) is 1.29. The molecule has 2 fully saturated rings. The SMILES string of the molecule is O=C(N[C@@H]1CCN2CCCC[C@H]12)c1cc(-c2ccccc2)on1. The third-order valence-electron chi connectivity index (χ3n) is 4.97. The Balaban J connectivity index is 1.45. The van der Waals surface area contributed by atoms with Gasteiger partial charge in [0.05, 0.1) is 0 Å². The van der Waals surface area contributed by atoms with Gasteiger partial charge in [-0.1, -0.05) is 41.9 Å². The Morgan fingerprint density at radius 3 is 2.91 bits per heavy atom. The van der Waals surface area contributed by atoms with Crippen LogP contribution >= 0.6 is 0 Å². The van der Waals surface area contributed by atoms with Crippen LogP contribution in [0.25, 0.3) is 11.3 Å². The molecule has 5 nitrogen and oxygen atoms in total. The molecule has 2 saturated heterocycles. The molecule has 1 amide bonds. The molecule has 23 heavy (non-hydrogen) atoms. The number of aromatic nitrogens is 1. The zero-order chi connectivity index (χ0) is 15.6. The van der Waals surface area contributed by atoms with Gasteiger partial charge in [-0.15, -0.1) is 0 Å². The van der Waals surface area contributed by atoms with Crippen LogP contribution in [0.2, 0.25) is 0 Å². The van der Waals surface area contributed by atoms with Crippen LogP contribution in [0.5, 0.6) is 0 Å². The first kappa shape index (κ1) is 14.5. The minimum absolute atomic E-state index is 0.131. The minimum atomic E-state index is -0.131. The number of rotatable bonds is 3. The molecule has 0 spiro atoms. The highest BCUT2D eigenvalue weighted by molar-refractivity contribution is 5.93. The van der Waals surface area contributed by atoms with E-state index in [9.17, 15) is 4.79 Å². The van der Waals surface area contributed by atoms with E-state index in [2.05, 4.69) is 15.4 Å². The second kappa shape index (κ2) is 6.16. The summed E-state index contributed by atoms with van der Waals surface area (Å²) in [6.07, 6.45) is 4.75. The normalized spacial score (nSPS) is 24.3. The highest BCUT2D eigenvalue weighted by atomic mass is 16.5. The van der Waals surface area contributed by atoms with Crippen LogP contribution in [0.15, 0.2) is 40.9 Å². The Morgan fingerprint density at radius 1 is 1.17 bits per heavy atom. The van der Waals surface area contributed by atoms with Crippen LogP contribution in [0.1, 0.15) is 36.2 Å². The van der Waals surface area contributed by atoms with Gasteiger partial charge in [0.15, 0.2) is 11.5 Å².